The molecule has 0 unspecified atom stereocenters. The number of nitro groups is 1. The number of rotatable bonds is 4. The number of thioether (sulfide) groups is 1. The minimum Gasteiger partial charge on any atom is -0.393 e. The highest BCUT2D eigenvalue weighted by Crippen LogP contribution is 2.27. The molecule has 0 saturated carbocycles. The van der Waals surface area contributed by atoms with Crippen LogP contribution in [0.3, 0.4) is 0 Å². The van der Waals surface area contributed by atoms with Gasteiger partial charge in [-0.2, -0.15) is 0 Å². The van der Waals surface area contributed by atoms with E-state index in [-0.39, 0.29) is 11.4 Å². The van der Waals surface area contributed by atoms with Crippen molar-refractivity contribution in [1.29, 1.82) is 0 Å². The lowest BCUT2D eigenvalue weighted by atomic mass is 10.2. The Balaban J connectivity index is 2.08. The molecule has 0 heterocycles. The predicted molar refractivity (Wildman–Crippen MR) is 78.2 cm³/mol. The first-order valence-electron chi connectivity index (χ1n) is 5.78. The van der Waals surface area contributed by atoms with Crippen LogP contribution < -0.4 is 5.73 Å². The number of nitrogens with two attached hydrogens (primary N) is 1. The third-order valence-corrected chi connectivity index (χ3v) is 3.75. The number of hydrogen-bond acceptors (Lipinski definition) is 4. The summed E-state index contributed by atoms with van der Waals surface area (Å²) < 4.78 is 0. The van der Waals surface area contributed by atoms with E-state index in [1.54, 1.807) is 23.9 Å². The van der Waals surface area contributed by atoms with Crippen molar-refractivity contribution < 1.29 is 4.92 Å². The van der Waals surface area contributed by atoms with Crippen molar-refractivity contribution in [2.24, 2.45) is 0 Å². The van der Waals surface area contributed by atoms with E-state index < -0.39 is 4.92 Å². The zero-order valence-electron chi connectivity index (χ0n) is 10.5. The molecule has 0 saturated heterocycles. The normalized spacial score (nSPS) is 10.4. The average Bonchev–Trinajstić information content (AvgIpc) is 2.36. The fraction of sp³-hybridized carbons (Fsp3) is 0.143. The summed E-state index contributed by atoms with van der Waals surface area (Å²) in [5, 5.41) is 10.7. The summed E-state index contributed by atoms with van der Waals surface area (Å²) in [7, 11) is 0. The Morgan fingerprint density at radius 2 is 2.05 bits per heavy atom. The maximum Gasteiger partial charge on any atom is 0.292 e. The van der Waals surface area contributed by atoms with Crippen LogP contribution in [0, 0.1) is 17.0 Å². The topological polar surface area (TPSA) is 69.2 Å². The molecule has 0 aliphatic rings. The second-order valence-electron chi connectivity index (χ2n) is 4.26. The third kappa shape index (κ3) is 3.48. The van der Waals surface area contributed by atoms with E-state index in [4.69, 9.17) is 5.73 Å². The highest BCUT2D eigenvalue weighted by molar-refractivity contribution is 7.98. The Labute approximate surface area is 115 Å². The number of nitrogen functional groups attached to an aromatic ring is 1. The van der Waals surface area contributed by atoms with Crippen LogP contribution in [-0.4, -0.2) is 4.92 Å². The molecule has 0 aromatic heterocycles. The number of nitrogens with zero attached hydrogens (tertiary/aromatic N) is 1. The first-order valence-corrected chi connectivity index (χ1v) is 6.77. The Bertz CT molecular complexity index is 614. The molecule has 98 valence electrons. The molecule has 2 rings (SSSR count). The molecular formula is C14H14N2O2S. The first-order chi connectivity index (χ1) is 9.06. The average molecular weight is 274 g/mol. The first kappa shape index (κ1) is 13.4. The highest BCUT2D eigenvalue weighted by atomic mass is 32.2. The van der Waals surface area contributed by atoms with Crippen molar-refractivity contribution in [3.05, 3.63) is 63.7 Å². The van der Waals surface area contributed by atoms with Crippen molar-refractivity contribution in [1.82, 2.24) is 0 Å². The van der Waals surface area contributed by atoms with Crippen LogP contribution in [0.5, 0.6) is 0 Å². The summed E-state index contributed by atoms with van der Waals surface area (Å²) in [6, 6.07) is 13.1. The summed E-state index contributed by atoms with van der Waals surface area (Å²) in [5.74, 6) is 0.742. The second kappa shape index (κ2) is 5.75. The van der Waals surface area contributed by atoms with Crippen LogP contribution in [-0.2, 0) is 5.75 Å². The maximum atomic E-state index is 10.7. The Morgan fingerprint density at radius 1 is 1.26 bits per heavy atom. The maximum absolute atomic E-state index is 10.7. The molecule has 0 aliphatic heterocycles. The van der Waals surface area contributed by atoms with E-state index >= 15 is 0 Å². The molecule has 0 aliphatic carbocycles. The lowest BCUT2D eigenvalue weighted by Crippen LogP contribution is -1.96. The molecule has 4 nitrogen and oxygen atoms in total. The monoisotopic (exact) mass is 274 g/mol. The van der Waals surface area contributed by atoms with Crippen LogP contribution in [0.15, 0.2) is 47.4 Å². The van der Waals surface area contributed by atoms with E-state index in [0.717, 1.165) is 11.3 Å². The zero-order valence-corrected chi connectivity index (χ0v) is 11.3. The Hall–Kier alpha value is -2.01. The Morgan fingerprint density at radius 3 is 2.68 bits per heavy atom. The fourth-order valence-corrected chi connectivity index (χ4v) is 2.69. The molecule has 19 heavy (non-hydrogen) atoms. The standard InChI is InChI=1S/C14H14N2O2S/c1-10-3-2-4-12(7-10)19-9-11-5-6-14(16(17)18)13(15)8-11/h2-8H,9,15H2,1H3. The predicted octanol–water partition coefficient (Wildman–Crippen LogP) is 3.78. The van der Waals surface area contributed by atoms with Gasteiger partial charge in [0, 0.05) is 16.7 Å². The van der Waals surface area contributed by atoms with E-state index in [9.17, 15) is 10.1 Å². The van der Waals surface area contributed by atoms with E-state index in [0.29, 0.717) is 0 Å². The largest absolute Gasteiger partial charge is 0.393 e. The van der Waals surface area contributed by atoms with Gasteiger partial charge in [0.15, 0.2) is 0 Å². The molecule has 2 N–H and O–H groups in total. The summed E-state index contributed by atoms with van der Waals surface area (Å²) in [4.78, 5) is 11.4. The number of aryl methyl sites for hydroxylation is 1. The molecule has 0 atom stereocenters. The van der Waals surface area contributed by atoms with Crippen LogP contribution in [0.4, 0.5) is 11.4 Å². The number of anilines is 1. The fourth-order valence-electron chi connectivity index (χ4n) is 1.73. The van der Waals surface area contributed by atoms with Gasteiger partial charge in [0.2, 0.25) is 0 Å². The summed E-state index contributed by atoms with van der Waals surface area (Å²) in [6.07, 6.45) is 0. The van der Waals surface area contributed by atoms with Crippen molar-refractivity contribution in [3.8, 4) is 0 Å². The number of hydrogen-bond donors (Lipinski definition) is 1. The number of nitro benzene ring substituents is 1. The molecule has 5 heteroatoms. The van der Waals surface area contributed by atoms with Gasteiger partial charge in [0.25, 0.3) is 5.69 Å². The van der Waals surface area contributed by atoms with E-state index in [1.165, 1.54) is 16.5 Å². The highest BCUT2D eigenvalue weighted by Gasteiger charge is 2.11. The minimum atomic E-state index is -0.465. The van der Waals surface area contributed by atoms with Crippen LogP contribution >= 0.6 is 11.8 Å². The lowest BCUT2D eigenvalue weighted by molar-refractivity contribution is -0.383. The lowest BCUT2D eigenvalue weighted by Gasteiger charge is -2.04. The van der Waals surface area contributed by atoms with Gasteiger partial charge in [0.1, 0.15) is 5.69 Å². The molecule has 2 aromatic rings. The molecular weight excluding hydrogens is 260 g/mol. The summed E-state index contributed by atoms with van der Waals surface area (Å²) in [5.41, 5.74) is 8.04. The van der Waals surface area contributed by atoms with Gasteiger partial charge < -0.3 is 5.73 Å². The second-order valence-corrected chi connectivity index (χ2v) is 5.30. The van der Waals surface area contributed by atoms with Gasteiger partial charge in [-0.25, -0.2) is 0 Å². The van der Waals surface area contributed by atoms with Crippen LogP contribution in [0.25, 0.3) is 0 Å². The molecule has 0 spiro atoms. The van der Waals surface area contributed by atoms with Gasteiger partial charge in [-0.15, -0.1) is 11.8 Å². The molecule has 0 bridgehead atoms. The quantitative estimate of drug-likeness (QED) is 0.399. The van der Waals surface area contributed by atoms with E-state index in [2.05, 4.69) is 6.07 Å². The van der Waals surface area contributed by atoms with Crippen LogP contribution in [0.1, 0.15) is 11.1 Å². The number of benzene rings is 2. The third-order valence-electron chi connectivity index (χ3n) is 2.68. The summed E-state index contributed by atoms with van der Waals surface area (Å²) >= 11 is 1.69. The van der Waals surface area contributed by atoms with Gasteiger partial charge in [0.05, 0.1) is 4.92 Å². The molecule has 0 amide bonds. The Kier molecular flexibility index (Phi) is 4.06. The van der Waals surface area contributed by atoms with Crippen molar-refractivity contribution in [3.63, 3.8) is 0 Å². The van der Waals surface area contributed by atoms with Gasteiger partial charge in [-0.05, 0) is 30.7 Å². The SMILES string of the molecule is Cc1cccc(SCc2ccc([N+](=O)[O-])c(N)c2)c1. The van der Waals surface area contributed by atoms with Crippen molar-refractivity contribution in [2.45, 2.75) is 17.6 Å². The molecule has 0 radical (unpaired) electrons. The summed E-state index contributed by atoms with van der Waals surface area (Å²) in [6.45, 7) is 2.05. The van der Waals surface area contributed by atoms with E-state index in [1.807, 2.05) is 25.1 Å². The van der Waals surface area contributed by atoms with Crippen LogP contribution in [0.2, 0.25) is 0 Å². The van der Waals surface area contributed by atoms with Crippen molar-refractivity contribution in [2.75, 3.05) is 5.73 Å². The van der Waals surface area contributed by atoms with Gasteiger partial charge in [-0.1, -0.05) is 23.8 Å². The molecule has 0 fully saturated rings. The van der Waals surface area contributed by atoms with Gasteiger partial charge in [-0.3, -0.25) is 10.1 Å². The minimum absolute atomic E-state index is 0.0377. The van der Waals surface area contributed by atoms with Crippen molar-refractivity contribution >= 4 is 23.1 Å². The van der Waals surface area contributed by atoms with Gasteiger partial charge >= 0.3 is 0 Å². The zero-order chi connectivity index (χ0) is 13.8. The molecule has 2 aromatic carbocycles. The smallest absolute Gasteiger partial charge is 0.292 e.